The fraction of sp³-hybridized carbons (Fsp3) is 1.00. The number of ether oxygens (including phenoxy) is 3. The van der Waals surface area contributed by atoms with Gasteiger partial charge in [-0.3, -0.25) is 0 Å². The molecule has 0 saturated carbocycles. The highest BCUT2D eigenvalue weighted by Crippen LogP contribution is 2.22. The minimum atomic E-state index is -1.69. The maximum atomic E-state index is 9.70. The van der Waals surface area contributed by atoms with Gasteiger partial charge in [0, 0.05) is 0 Å². The Balaban J connectivity index is 1.88. The van der Waals surface area contributed by atoms with E-state index >= 15 is 0 Å². The van der Waals surface area contributed by atoms with Crippen LogP contribution in [0.15, 0.2) is 0 Å². The van der Waals surface area contributed by atoms with Crippen LogP contribution in [0.5, 0.6) is 0 Å². The van der Waals surface area contributed by atoms with Gasteiger partial charge in [-0.25, -0.2) is 0 Å². The number of hydrogen-bond acceptors (Lipinski definition) is 10. The number of rotatable bonds is 3. The molecular formula is C11H20O10. The van der Waals surface area contributed by atoms with Gasteiger partial charge in [-0.1, -0.05) is 0 Å². The Morgan fingerprint density at radius 3 is 2.14 bits per heavy atom. The van der Waals surface area contributed by atoms with Crippen molar-refractivity contribution in [1.82, 2.24) is 0 Å². The van der Waals surface area contributed by atoms with E-state index in [9.17, 15) is 35.7 Å². The van der Waals surface area contributed by atoms with Gasteiger partial charge in [0.15, 0.2) is 12.6 Å². The molecule has 1 unspecified atom stereocenters. The summed E-state index contributed by atoms with van der Waals surface area (Å²) in [4.78, 5) is 0. The van der Waals surface area contributed by atoms with Crippen molar-refractivity contribution in [2.45, 2.75) is 55.3 Å². The molecule has 0 amide bonds. The van der Waals surface area contributed by atoms with Crippen LogP contribution in [0.2, 0.25) is 0 Å². The second kappa shape index (κ2) is 6.79. The van der Waals surface area contributed by atoms with Gasteiger partial charge in [0.1, 0.15) is 42.7 Å². The van der Waals surface area contributed by atoms with Crippen molar-refractivity contribution >= 4 is 0 Å². The van der Waals surface area contributed by atoms with Gasteiger partial charge in [0.2, 0.25) is 0 Å². The first-order chi connectivity index (χ1) is 9.82. The van der Waals surface area contributed by atoms with Crippen LogP contribution in [0.25, 0.3) is 0 Å². The molecule has 2 aliphatic heterocycles. The largest absolute Gasteiger partial charge is 0.388 e. The standard InChI is InChI=1S/C11H20O10/c12-3-1-19-11(9(17)5(3)13)20-2-4-6(14)7(15)8(16)10(18)21-4/h3-18H,1-2H2/t3-,4+,5-,6+,7-,8+,9+,10?,11-/m0/s1. The van der Waals surface area contributed by atoms with Crippen molar-refractivity contribution in [3.05, 3.63) is 0 Å². The highest BCUT2D eigenvalue weighted by atomic mass is 16.7. The van der Waals surface area contributed by atoms with Crippen molar-refractivity contribution in [2.75, 3.05) is 13.2 Å². The highest BCUT2D eigenvalue weighted by Gasteiger charge is 2.44. The van der Waals surface area contributed by atoms with Crippen molar-refractivity contribution in [3.8, 4) is 0 Å². The lowest BCUT2D eigenvalue weighted by Gasteiger charge is -2.40. The van der Waals surface area contributed by atoms with E-state index in [1.165, 1.54) is 0 Å². The van der Waals surface area contributed by atoms with E-state index in [1.807, 2.05) is 0 Å². The number of aliphatic hydroxyl groups is 7. The second-order valence-corrected chi connectivity index (χ2v) is 5.12. The van der Waals surface area contributed by atoms with E-state index in [-0.39, 0.29) is 13.2 Å². The summed E-state index contributed by atoms with van der Waals surface area (Å²) in [6, 6.07) is 0. The Hall–Kier alpha value is -0.400. The van der Waals surface area contributed by atoms with Crippen LogP contribution < -0.4 is 0 Å². The molecule has 7 N–H and O–H groups in total. The van der Waals surface area contributed by atoms with Crippen molar-refractivity contribution in [3.63, 3.8) is 0 Å². The summed E-state index contributed by atoms with van der Waals surface area (Å²) in [5.74, 6) is 0. The van der Waals surface area contributed by atoms with Crippen LogP contribution >= 0.6 is 0 Å². The smallest absolute Gasteiger partial charge is 0.186 e. The third-order valence-electron chi connectivity index (χ3n) is 3.57. The predicted octanol–water partition coefficient (Wildman–Crippen LogP) is -4.76. The Bertz CT molecular complexity index is 341. The molecular weight excluding hydrogens is 292 g/mol. The lowest BCUT2D eigenvalue weighted by Crippen LogP contribution is -2.59. The summed E-state index contributed by atoms with van der Waals surface area (Å²) >= 11 is 0. The molecule has 0 aliphatic carbocycles. The molecule has 9 atom stereocenters. The summed E-state index contributed by atoms with van der Waals surface area (Å²) < 4.78 is 15.0. The van der Waals surface area contributed by atoms with Crippen LogP contribution in [0.1, 0.15) is 0 Å². The molecule has 10 heteroatoms. The maximum Gasteiger partial charge on any atom is 0.186 e. The molecule has 0 spiro atoms. The normalized spacial score (nSPS) is 51.9. The van der Waals surface area contributed by atoms with Gasteiger partial charge in [0.05, 0.1) is 13.2 Å². The first kappa shape index (κ1) is 17.0. The molecule has 0 aromatic carbocycles. The van der Waals surface area contributed by atoms with Gasteiger partial charge in [-0.15, -0.1) is 0 Å². The lowest BCUT2D eigenvalue weighted by atomic mass is 9.99. The highest BCUT2D eigenvalue weighted by molar-refractivity contribution is 4.89. The van der Waals surface area contributed by atoms with Crippen LogP contribution in [-0.2, 0) is 14.2 Å². The van der Waals surface area contributed by atoms with Crippen LogP contribution in [0.3, 0.4) is 0 Å². The molecule has 2 fully saturated rings. The van der Waals surface area contributed by atoms with Gasteiger partial charge in [0.25, 0.3) is 0 Å². The zero-order valence-electron chi connectivity index (χ0n) is 11.0. The Labute approximate surface area is 119 Å². The van der Waals surface area contributed by atoms with E-state index in [4.69, 9.17) is 14.2 Å². The third-order valence-corrected chi connectivity index (χ3v) is 3.57. The van der Waals surface area contributed by atoms with Crippen LogP contribution in [-0.4, -0.2) is 104 Å². The summed E-state index contributed by atoms with van der Waals surface area (Å²) in [5, 5.41) is 66.2. The van der Waals surface area contributed by atoms with Crippen molar-refractivity contribution < 1.29 is 50.0 Å². The zero-order valence-corrected chi connectivity index (χ0v) is 11.0. The first-order valence-corrected chi connectivity index (χ1v) is 6.48. The Kier molecular flexibility index (Phi) is 5.48. The van der Waals surface area contributed by atoms with Crippen molar-refractivity contribution in [2.24, 2.45) is 0 Å². The molecule has 10 nitrogen and oxygen atoms in total. The van der Waals surface area contributed by atoms with Gasteiger partial charge in [-0.05, 0) is 0 Å². The predicted molar refractivity (Wildman–Crippen MR) is 62.6 cm³/mol. The molecule has 2 saturated heterocycles. The fourth-order valence-electron chi connectivity index (χ4n) is 2.18. The maximum absolute atomic E-state index is 9.70. The second-order valence-electron chi connectivity index (χ2n) is 5.12. The molecule has 0 aromatic heterocycles. The molecule has 21 heavy (non-hydrogen) atoms. The van der Waals surface area contributed by atoms with Gasteiger partial charge in [-0.2, -0.15) is 0 Å². The molecule has 0 bridgehead atoms. The molecule has 2 heterocycles. The SMILES string of the molecule is OC1O[C@H](CO[C@@H]2OC[C@H](O)[C@H](O)[C@H]2O)[C@@H](O)[C@H](O)[C@H]1O. The monoisotopic (exact) mass is 312 g/mol. The third kappa shape index (κ3) is 3.51. The van der Waals surface area contributed by atoms with E-state index < -0.39 is 55.3 Å². The van der Waals surface area contributed by atoms with Crippen molar-refractivity contribution in [1.29, 1.82) is 0 Å². The fourth-order valence-corrected chi connectivity index (χ4v) is 2.18. The first-order valence-electron chi connectivity index (χ1n) is 6.48. The van der Waals surface area contributed by atoms with E-state index in [0.29, 0.717) is 0 Å². The molecule has 2 rings (SSSR count). The van der Waals surface area contributed by atoms with E-state index in [1.54, 1.807) is 0 Å². The number of aliphatic hydroxyl groups excluding tert-OH is 7. The Morgan fingerprint density at radius 1 is 0.810 bits per heavy atom. The Morgan fingerprint density at radius 2 is 1.48 bits per heavy atom. The summed E-state index contributed by atoms with van der Waals surface area (Å²) in [6.45, 7) is -0.631. The molecule has 0 radical (unpaired) electrons. The number of hydrogen-bond donors (Lipinski definition) is 7. The average Bonchev–Trinajstić information content (AvgIpc) is 2.46. The van der Waals surface area contributed by atoms with E-state index in [2.05, 4.69) is 0 Å². The average molecular weight is 312 g/mol. The summed E-state index contributed by atoms with van der Waals surface area (Å²) in [5.41, 5.74) is 0. The molecule has 2 aliphatic rings. The summed E-state index contributed by atoms with van der Waals surface area (Å²) in [6.07, 6.45) is -13.1. The topological polar surface area (TPSA) is 169 Å². The molecule has 0 aromatic rings. The zero-order chi connectivity index (χ0) is 15.7. The van der Waals surface area contributed by atoms with Gasteiger partial charge < -0.3 is 50.0 Å². The quantitative estimate of drug-likeness (QED) is 0.268. The summed E-state index contributed by atoms with van der Waals surface area (Å²) in [7, 11) is 0. The molecule has 124 valence electrons. The van der Waals surface area contributed by atoms with Crippen LogP contribution in [0.4, 0.5) is 0 Å². The van der Waals surface area contributed by atoms with Crippen LogP contribution in [0, 0.1) is 0 Å². The van der Waals surface area contributed by atoms with Gasteiger partial charge >= 0.3 is 0 Å². The lowest BCUT2D eigenvalue weighted by molar-refractivity contribution is -0.312. The minimum absolute atomic E-state index is 0.249. The van der Waals surface area contributed by atoms with E-state index in [0.717, 1.165) is 0 Å². The minimum Gasteiger partial charge on any atom is -0.388 e.